The lowest BCUT2D eigenvalue weighted by Gasteiger charge is -2.34. The number of anilines is 1. The van der Waals surface area contributed by atoms with Crippen LogP contribution in [0.3, 0.4) is 0 Å². The topological polar surface area (TPSA) is 70.8 Å². The second-order valence-corrected chi connectivity index (χ2v) is 8.04. The molecule has 0 aliphatic carbocycles. The van der Waals surface area contributed by atoms with Gasteiger partial charge in [-0.2, -0.15) is 13.9 Å². The molecule has 0 radical (unpaired) electrons. The fourth-order valence-electron chi connectivity index (χ4n) is 2.92. The Kier molecular flexibility index (Phi) is 4.05. The standard InChI is InChI=1S/C15H23N5O2S/c1-5-13-10-14(20-15(16-13)11(2)12(3)17-20)18-6-8-19(9-7-18)23(4,21)22/h10H,5-9H2,1-4H3. The SMILES string of the molecule is CCc1cc(N2CCN(S(C)(=O)=O)CC2)n2nc(C)c(C)c2n1. The fraction of sp³-hybridized carbons (Fsp3) is 0.600. The quantitative estimate of drug-likeness (QED) is 0.835. The van der Waals surface area contributed by atoms with Gasteiger partial charge in [0.05, 0.1) is 11.9 Å². The number of piperazine rings is 1. The van der Waals surface area contributed by atoms with E-state index in [-0.39, 0.29) is 0 Å². The maximum Gasteiger partial charge on any atom is 0.211 e. The number of fused-ring (bicyclic) bond motifs is 1. The van der Waals surface area contributed by atoms with Crippen LogP contribution in [-0.2, 0) is 16.4 Å². The number of hydrogen-bond donors (Lipinski definition) is 0. The maximum atomic E-state index is 11.7. The molecule has 1 aliphatic rings. The Morgan fingerprint density at radius 1 is 1.17 bits per heavy atom. The van der Waals surface area contributed by atoms with Crippen molar-refractivity contribution in [3.05, 3.63) is 23.0 Å². The summed E-state index contributed by atoms with van der Waals surface area (Å²) in [6.45, 7) is 8.44. The Morgan fingerprint density at radius 2 is 1.83 bits per heavy atom. The molecule has 2 aromatic heterocycles. The second-order valence-electron chi connectivity index (χ2n) is 6.05. The highest BCUT2D eigenvalue weighted by atomic mass is 32.2. The number of nitrogens with zero attached hydrogens (tertiary/aromatic N) is 5. The molecule has 8 heteroatoms. The number of aromatic nitrogens is 3. The lowest BCUT2D eigenvalue weighted by atomic mass is 10.2. The molecule has 2 aromatic rings. The first-order valence-electron chi connectivity index (χ1n) is 7.87. The van der Waals surface area contributed by atoms with E-state index in [0.717, 1.165) is 34.8 Å². The molecule has 0 N–H and O–H groups in total. The van der Waals surface area contributed by atoms with Gasteiger partial charge in [0.1, 0.15) is 5.82 Å². The minimum Gasteiger partial charge on any atom is -0.354 e. The highest BCUT2D eigenvalue weighted by Crippen LogP contribution is 2.23. The molecule has 126 valence electrons. The van der Waals surface area contributed by atoms with Crippen molar-refractivity contribution in [2.24, 2.45) is 0 Å². The molecule has 0 bridgehead atoms. The van der Waals surface area contributed by atoms with Crippen molar-refractivity contribution in [1.29, 1.82) is 0 Å². The third-order valence-corrected chi connectivity index (χ3v) is 5.79. The zero-order valence-electron chi connectivity index (χ0n) is 14.1. The van der Waals surface area contributed by atoms with Crippen LogP contribution in [-0.4, -0.2) is 59.8 Å². The summed E-state index contributed by atoms with van der Waals surface area (Å²) in [7, 11) is -3.12. The number of hydrogen-bond acceptors (Lipinski definition) is 5. The predicted octanol–water partition coefficient (Wildman–Crippen LogP) is 0.990. The van der Waals surface area contributed by atoms with Gasteiger partial charge in [-0.05, 0) is 20.3 Å². The lowest BCUT2D eigenvalue weighted by molar-refractivity contribution is 0.386. The summed E-state index contributed by atoms with van der Waals surface area (Å²) in [6.07, 6.45) is 2.12. The first kappa shape index (κ1) is 16.2. The van der Waals surface area contributed by atoms with Gasteiger partial charge in [0.25, 0.3) is 0 Å². The van der Waals surface area contributed by atoms with Crippen LogP contribution in [0.25, 0.3) is 5.65 Å². The monoisotopic (exact) mass is 337 g/mol. The predicted molar refractivity (Wildman–Crippen MR) is 90.5 cm³/mol. The molecule has 0 amide bonds. The van der Waals surface area contributed by atoms with E-state index in [2.05, 4.69) is 23.0 Å². The molecule has 0 atom stereocenters. The van der Waals surface area contributed by atoms with E-state index in [4.69, 9.17) is 4.98 Å². The largest absolute Gasteiger partial charge is 0.354 e. The highest BCUT2D eigenvalue weighted by Gasteiger charge is 2.25. The van der Waals surface area contributed by atoms with Crippen LogP contribution < -0.4 is 4.90 Å². The van der Waals surface area contributed by atoms with Crippen molar-refractivity contribution in [2.45, 2.75) is 27.2 Å². The van der Waals surface area contributed by atoms with Crippen molar-refractivity contribution in [1.82, 2.24) is 18.9 Å². The van der Waals surface area contributed by atoms with E-state index < -0.39 is 10.0 Å². The number of rotatable bonds is 3. The molecule has 1 saturated heterocycles. The minimum atomic E-state index is -3.12. The number of aryl methyl sites for hydroxylation is 3. The molecule has 1 aliphatic heterocycles. The van der Waals surface area contributed by atoms with Crippen LogP contribution in [0.15, 0.2) is 6.07 Å². The van der Waals surface area contributed by atoms with Gasteiger partial charge in [-0.25, -0.2) is 13.4 Å². The zero-order valence-corrected chi connectivity index (χ0v) is 14.9. The van der Waals surface area contributed by atoms with Gasteiger partial charge < -0.3 is 4.90 Å². The average molecular weight is 337 g/mol. The summed E-state index contributed by atoms with van der Waals surface area (Å²) < 4.78 is 26.8. The van der Waals surface area contributed by atoms with E-state index in [1.807, 2.05) is 18.4 Å². The molecule has 23 heavy (non-hydrogen) atoms. The van der Waals surface area contributed by atoms with E-state index in [1.54, 1.807) is 0 Å². The molecule has 7 nitrogen and oxygen atoms in total. The maximum absolute atomic E-state index is 11.7. The second kappa shape index (κ2) is 5.76. The number of sulfonamides is 1. The fourth-order valence-corrected chi connectivity index (χ4v) is 3.74. The molecule has 0 saturated carbocycles. The molecule has 0 spiro atoms. The smallest absolute Gasteiger partial charge is 0.211 e. The van der Waals surface area contributed by atoms with E-state index in [0.29, 0.717) is 26.2 Å². The first-order chi connectivity index (χ1) is 10.8. The molecule has 0 aromatic carbocycles. The third kappa shape index (κ3) is 2.92. The van der Waals surface area contributed by atoms with E-state index in [9.17, 15) is 8.42 Å². The molecule has 1 fully saturated rings. The molecule has 3 rings (SSSR count). The van der Waals surface area contributed by atoms with Gasteiger partial charge in [0.2, 0.25) is 10.0 Å². The summed E-state index contributed by atoms with van der Waals surface area (Å²) in [4.78, 5) is 6.89. The minimum absolute atomic E-state index is 0.503. The molecular weight excluding hydrogens is 314 g/mol. The van der Waals surface area contributed by atoms with Crippen LogP contribution in [0.1, 0.15) is 23.9 Å². The van der Waals surface area contributed by atoms with Crippen molar-refractivity contribution in [2.75, 3.05) is 37.3 Å². The Morgan fingerprint density at radius 3 is 2.39 bits per heavy atom. The Balaban J connectivity index is 1.99. The molecule has 3 heterocycles. The van der Waals surface area contributed by atoms with Gasteiger partial charge in [-0.3, -0.25) is 0 Å². The summed E-state index contributed by atoms with van der Waals surface area (Å²) in [5, 5.41) is 4.61. The third-order valence-electron chi connectivity index (χ3n) is 4.48. The van der Waals surface area contributed by atoms with Crippen molar-refractivity contribution in [3.8, 4) is 0 Å². The summed E-state index contributed by atoms with van der Waals surface area (Å²) >= 11 is 0. The van der Waals surface area contributed by atoms with Crippen molar-refractivity contribution < 1.29 is 8.42 Å². The first-order valence-corrected chi connectivity index (χ1v) is 9.72. The molecule has 0 unspecified atom stereocenters. The van der Waals surface area contributed by atoms with Gasteiger partial charge >= 0.3 is 0 Å². The molecular formula is C15H23N5O2S. The Labute approximate surface area is 137 Å². The van der Waals surface area contributed by atoms with Gasteiger partial charge in [-0.15, -0.1) is 0 Å². The summed E-state index contributed by atoms with van der Waals surface area (Å²) in [6, 6.07) is 2.06. The Bertz CT molecular complexity index is 835. The van der Waals surface area contributed by atoms with Crippen molar-refractivity contribution >= 4 is 21.5 Å². The normalized spacial score (nSPS) is 17.1. The van der Waals surface area contributed by atoms with Gasteiger partial charge in [-0.1, -0.05) is 6.92 Å². The van der Waals surface area contributed by atoms with E-state index >= 15 is 0 Å². The highest BCUT2D eigenvalue weighted by molar-refractivity contribution is 7.88. The Hall–Kier alpha value is -1.67. The van der Waals surface area contributed by atoms with Crippen LogP contribution >= 0.6 is 0 Å². The summed E-state index contributed by atoms with van der Waals surface area (Å²) in [5.41, 5.74) is 3.99. The van der Waals surface area contributed by atoms with E-state index in [1.165, 1.54) is 10.6 Å². The average Bonchev–Trinajstić information content (AvgIpc) is 2.81. The van der Waals surface area contributed by atoms with Gasteiger partial charge in [0, 0.05) is 43.5 Å². The van der Waals surface area contributed by atoms with Crippen molar-refractivity contribution in [3.63, 3.8) is 0 Å². The zero-order chi connectivity index (χ0) is 16.8. The van der Waals surface area contributed by atoms with Crippen LogP contribution in [0.4, 0.5) is 5.82 Å². The van der Waals surface area contributed by atoms with Gasteiger partial charge in [0.15, 0.2) is 5.65 Å². The lowest BCUT2D eigenvalue weighted by Crippen LogP contribution is -2.48. The van der Waals surface area contributed by atoms with Crippen LogP contribution in [0.5, 0.6) is 0 Å². The van der Waals surface area contributed by atoms with Crippen LogP contribution in [0, 0.1) is 13.8 Å². The van der Waals surface area contributed by atoms with Crippen LogP contribution in [0.2, 0.25) is 0 Å². The summed E-state index contributed by atoms with van der Waals surface area (Å²) in [5.74, 6) is 0.996.